The number of hydrogen-bond donors (Lipinski definition) is 9. The molecule has 0 aliphatic carbocycles. The van der Waals surface area contributed by atoms with Crippen molar-refractivity contribution in [3.05, 3.63) is 0 Å². The fourth-order valence-corrected chi connectivity index (χ4v) is 2.51. The van der Waals surface area contributed by atoms with Gasteiger partial charge in [-0.3, -0.25) is 4.79 Å². The third-order valence-corrected chi connectivity index (χ3v) is 4.01. The fraction of sp³-hybridized carbons (Fsp3) is 0.857. The van der Waals surface area contributed by atoms with Crippen LogP contribution in [0.1, 0.15) is 6.92 Å². The lowest BCUT2D eigenvalue weighted by atomic mass is 9.97. The van der Waals surface area contributed by atoms with Crippen LogP contribution in [0.2, 0.25) is 0 Å². The van der Waals surface area contributed by atoms with Crippen molar-refractivity contribution in [3.63, 3.8) is 0 Å². The van der Waals surface area contributed by atoms with Gasteiger partial charge in [0.05, 0.1) is 19.4 Å². The Bertz CT molecular complexity index is 496. The summed E-state index contributed by atoms with van der Waals surface area (Å²) in [5.41, 5.74) is 0. The molecule has 0 aromatic carbocycles. The van der Waals surface area contributed by atoms with Gasteiger partial charge < -0.3 is 56.4 Å². The Kier molecular flexibility index (Phi) is 9.44. The number of amides is 1. The first kappa shape index (κ1) is 23.6. The van der Waals surface area contributed by atoms with Crippen molar-refractivity contribution in [3.8, 4) is 0 Å². The summed E-state index contributed by atoms with van der Waals surface area (Å²) in [7, 11) is 0. The number of nitrogens with zero attached hydrogens (tertiary/aromatic N) is 1. The fourth-order valence-electron chi connectivity index (χ4n) is 2.51. The van der Waals surface area contributed by atoms with E-state index in [1.54, 1.807) is 0 Å². The third kappa shape index (κ3) is 6.31. The molecule has 13 heteroatoms. The van der Waals surface area contributed by atoms with Gasteiger partial charge in [0.1, 0.15) is 48.8 Å². The molecule has 0 aromatic rings. The first-order chi connectivity index (χ1) is 12.6. The van der Waals surface area contributed by atoms with Gasteiger partial charge >= 0.3 is 0 Å². The molecule has 1 aliphatic heterocycles. The smallest absolute Gasteiger partial charge is 0.217 e. The average molecular weight is 397 g/mol. The summed E-state index contributed by atoms with van der Waals surface area (Å²) in [5, 5.41) is 73.4. The van der Waals surface area contributed by atoms with E-state index in [9.17, 15) is 40.5 Å². The molecule has 0 bridgehead atoms. The summed E-state index contributed by atoms with van der Waals surface area (Å²) in [4.78, 5) is 11.3. The maximum Gasteiger partial charge on any atom is 0.217 e. The minimum absolute atomic E-state index is 0.564. The second-order valence-electron chi connectivity index (χ2n) is 6.10. The number of carbonyl (C=O) groups excluding carboxylic acids is 1. The Labute approximate surface area is 154 Å². The molecule has 0 aromatic heterocycles. The molecule has 1 aliphatic rings. The number of nitrogens with one attached hydrogen (secondary N) is 1. The largest absolute Gasteiger partial charge is 0.394 e. The lowest BCUT2D eigenvalue weighted by molar-refractivity contribution is -0.277. The topological polar surface area (TPSA) is 228 Å². The van der Waals surface area contributed by atoms with Crippen LogP contribution in [0, 0.1) is 0 Å². The van der Waals surface area contributed by atoms with Crippen LogP contribution < -0.4 is 11.2 Å². The molecule has 1 saturated heterocycles. The lowest BCUT2D eigenvalue weighted by Crippen LogP contribution is -2.65. The van der Waals surface area contributed by atoms with Crippen molar-refractivity contribution in [1.29, 1.82) is 0 Å². The molecule has 1 amide bonds. The highest BCUT2D eigenvalue weighted by molar-refractivity contribution is 5.73. The number of hydrazone groups is 1. The monoisotopic (exact) mass is 397 g/mol. The first-order valence-corrected chi connectivity index (χ1v) is 8.10. The predicted octanol–water partition coefficient (Wildman–Crippen LogP) is -5.67. The van der Waals surface area contributed by atoms with Gasteiger partial charge in [0.2, 0.25) is 5.91 Å². The predicted molar refractivity (Wildman–Crippen MR) is 88.0 cm³/mol. The average Bonchev–Trinajstić information content (AvgIpc) is 2.63. The molecule has 0 unspecified atom stereocenters. The van der Waals surface area contributed by atoms with Crippen molar-refractivity contribution >= 4 is 12.1 Å². The Morgan fingerprint density at radius 3 is 2.41 bits per heavy atom. The highest BCUT2D eigenvalue weighted by Crippen LogP contribution is 2.22. The van der Waals surface area contributed by atoms with Crippen LogP contribution in [0.25, 0.3) is 0 Å². The molecular formula is C14H27N3O10. The van der Waals surface area contributed by atoms with E-state index in [-0.39, 0.29) is 0 Å². The van der Waals surface area contributed by atoms with Crippen LogP contribution in [0.15, 0.2) is 5.10 Å². The van der Waals surface area contributed by atoms with Gasteiger partial charge in [-0.05, 0) is 0 Å². The van der Waals surface area contributed by atoms with Gasteiger partial charge in [-0.15, -0.1) is 0 Å². The van der Waals surface area contributed by atoms with Crippen molar-refractivity contribution in [2.24, 2.45) is 10.9 Å². The first-order valence-electron chi connectivity index (χ1n) is 8.10. The van der Waals surface area contributed by atoms with Crippen molar-refractivity contribution in [2.75, 3.05) is 13.2 Å². The van der Waals surface area contributed by atoms with Gasteiger partial charge in [0.15, 0.2) is 6.29 Å². The SMILES string of the molecule is CC(=O)N[C@H]1[C@H](OC[C@@H](O)[C@H](O)[C@H](O)[C@@H](O)C=NN)O[C@H](CO)[C@@H](O)[C@@H]1O. The van der Waals surface area contributed by atoms with E-state index in [2.05, 4.69) is 10.4 Å². The standard InChI is InChI=1S/C14H27N3O10/c1-5(19)17-9-13(25)12(24)8(3-18)27-14(9)26-4-7(21)11(23)10(22)6(20)2-16-15/h2,6-14,18,20-25H,3-4,15H2,1H3,(H,17,19)/t6-,7+,8+,9+,10+,11-,12+,13+,14+/m0/s1. The molecule has 0 saturated carbocycles. The van der Waals surface area contributed by atoms with E-state index in [4.69, 9.17) is 15.3 Å². The van der Waals surface area contributed by atoms with Gasteiger partial charge in [-0.2, -0.15) is 5.10 Å². The zero-order valence-electron chi connectivity index (χ0n) is 14.6. The second kappa shape index (κ2) is 10.8. The highest BCUT2D eigenvalue weighted by atomic mass is 16.7. The number of aliphatic hydroxyl groups excluding tert-OH is 7. The summed E-state index contributed by atoms with van der Waals surface area (Å²) in [5.74, 6) is 4.26. The zero-order valence-corrected chi connectivity index (χ0v) is 14.6. The van der Waals surface area contributed by atoms with Crippen molar-refractivity contribution < 1.29 is 50.0 Å². The van der Waals surface area contributed by atoms with Crippen LogP contribution in [0.5, 0.6) is 0 Å². The molecule has 0 radical (unpaired) electrons. The van der Waals surface area contributed by atoms with Gasteiger partial charge in [0.25, 0.3) is 0 Å². The molecule has 1 heterocycles. The molecule has 9 atom stereocenters. The quantitative estimate of drug-likeness (QED) is 0.101. The van der Waals surface area contributed by atoms with E-state index >= 15 is 0 Å². The van der Waals surface area contributed by atoms with Crippen molar-refractivity contribution in [2.45, 2.75) is 62.0 Å². The maximum atomic E-state index is 11.3. The number of hydrogen-bond acceptors (Lipinski definition) is 12. The van der Waals surface area contributed by atoms with Crippen LogP contribution in [0.4, 0.5) is 0 Å². The minimum Gasteiger partial charge on any atom is -0.394 e. The summed E-state index contributed by atoms with van der Waals surface area (Å²) in [6.07, 6.45) is -11.9. The molecule has 10 N–H and O–H groups in total. The Morgan fingerprint density at radius 2 is 1.89 bits per heavy atom. The second-order valence-corrected chi connectivity index (χ2v) is 6.10. The summed E-state index contributed by atoms with van der Waals surface area (Å²) >= 11 is 0. The number of aliphatic hydroxyl groups is 7. The molecule has 27 heavy (non-hydrogen) atoms. The number of carbonyl (C=O) groups is 1. The molecular weight excluding hydrogens is 370 g/mol. The maximum absolute atomic E-state index is 11.3. The van der Waals surface area contributed by atoms with E-state index < -0.39 is 74.2 Å². The molecule has 1 rings (SSSR count). The van der Waals surface area contributed by atoms with Crippen LogP contribution in [-0.2, 0) is 14.3 Å². The van der Waals surface area contributed by atoms with E-state index in [0.29, 0.717) is 0 Å². The lowest BCUT2D eigenvalue weighted by Gasteiger charge is -2.42. The summed E-state index contributed by atoms with van der Waals surface area (Å²) in [6.45, 7) is -0.143. The number of rotatable bonds is 9. The Balaban J connectivity index is 2.76. The number of ether oxygens (including phenoxy) is 2. The van der Waals surface area contributed by atoms with Gasteiger partial charge in [-0.25, -0.2) is 0 Å². The molecule has 13 nitrogen and oxygen atoms in total. The number of nitrogens with two attached hydrogens (primary N) is 1. The summed E-state index contributed by atoms with van der Waals surface area (Å²) < 4.78 is 10.5. The Hall–Kier alpha value is -1.42. The summed E-state index contributed by atoms with van der Waals surface area (Å²) in [6, 6.07) is -1.23. The Morgan fingerprint density at radius 1 is 1.26 bits per heavy atom. The van der Waals surface area contributed by atoms with Crippen molar-refractivity contribution in [1.82, 2.24) is 5.32 Å². The zero-order chi connectivity index (χ0) is 20.7. The van der Waals surface area contributed by atoms with Crippen LogP contribution in [0.3, 0.4) is 0 Å². The molecule has 1 fully saturated rings. The van der Waals surface area contributed by atoms with E-state index in [1.807, 2.05) is 0 Å². The highest BCUT2D eigenvalue weighted by Gasteiger charge is 2.45. The normalized spacial score (nSPS) is 33.4. The van der Waals surface area contributed by atoms with Crippen LogP contribution in [-0.4, -0.2) is 116 Å². The van der Waals surface area contributed by atoms with Crippen LogP contribution >= 0.6 is 0 Å². The van der Waals surface area contributed by atoms with Gasteiger partial charge in [-0.1, -0.05) is 0 Å². The van der Waals surface area contributed by atoms with E-state index in [1.165, 1.54) is 0 Å². The molecule has 158 valence electrons. The van der Waals surface area contributed by atoms with Gasteiger partial charge in [0, 0.05) is 6.92 Å². The van der Waals surface area contributed by atoms with E-state index in [0.717, 1.165) is 13.1 Å². The molecule has 0 spiro atoms. The minimum atomic E-state index is -1.86. The third-order valence-electron chi connectivity index (χ3n) is 4.01.